The number of nitrogens with one attached hydrogen (secondary N) is 1. The minimum atomic E-state index is 0.790. The van der Waals surface area contributed by atoms with E-state index < -0.39 is 0 Å². The summed E-state index contributed by atoms with van der Waals surface area (Å²) in [6, 6.07) is 0. The molecule has 0 saturated carbocycles. The second kappa shape index (κ2) is 5.12. The van der Waals surface area contributed by atoms with Crippen molar-refractivity contribution in [2.24, 2.45) is 0 Å². The third kappa shape index (κ3) is 2.32. The molecule has 0 spiro atoms. The van der Waals surface area contributed by atoms with Gasteiger partial charge in [0.25, 0.3) is 0 Å². The van der Waals surface area contributed by atoms with Gasteiger partial charge >= 0.3 is 0 Å². The Labute approximate surface area is 105 Å². The highest BCUT2D eigenvalue weighted by molar-refractivity contribution is 5.46. The van der Waals surface area contributed by atoms with Crippen molar-refractivity contribution in [2.75, 3.05) is 11.9 Å². The van der Waals surface area contributed by atoms with Crippen molar-refractivity contribution >= 4 is 5.82 Å². The molecular weight excluding hydrogens is 228 g/mol. The van der Waals surface area contributed by atoms with E-state index in [0.29, 0.717) is 0 Å². The molecule has 0 amide bonds. The van der Waals surface area contributed by atoms with Gasteiger partial charge in [0, 0.05) is 24.0 Å². The molecule has 0 aromatic carbocycles. The number of fused-ring (bicyclic) bond motifs is 1. The predicted molar refractivity (Wildman–Crippen MR) is 67.2 cm³/mol. The molecule has 6 heteroatoms. The van der Waals surface area contributed by atoms with Crippen LogP contribution in [0.3, 0.4) is 0 Å². The van der Waals surface area contributed by atoms with Crippen LogP contribution in [0, 0.1) is 0 Å². The molecule has 0 fully saturated rings. The van der Waals surface area contributed by atoms with Crippen LogP contribution in [-0.2, 0) is 19.4 Å². The molecule has 2 heterocycles. The molecular formula is C12H16N6. The molecule has 3 rings (SSSR count). The fraction of sp³-hybridized carbons (Fsp3) is 0.500. The number of hydrogen-bond acceptors (Lipinski definition) is 5. The van der Waals surface area contributed by atoms with Gasteiger partial charge in [0.05, 0.1) is 12.7 Å². The van der Waals surface area contributed by atoms with Crippen LogP contribution in [0.25, 0.3) is 0 Å². The fourth-order valence-electron chi connectivity index (χ4n) is 2.31. The summed E-state index contributed by atoms with van der Waals surface area (Å²) in [5.74, 6) is 0.986. The summed E-state index contributed by atoms with van der Waals surface area (Å²) in [5.41, 5.74) is 2.50. The highest BCUT2D eigenvalue weighted by atomic mass is 15.4. The van der Waals surface area contributed by atoms with Crippen molar-refractivity contribution in [3.8, 4) is 0 Å². The zero-order valence-corrected chi connectivity index (χ0v) is 10.2. The van der Waals surface area contributed by atoms with Crippen LogP contribution in [0.1, 0.15) is 24.1 Å². The second-order valence-corrected chi connectivity index (χ2v) is 4.45. The lowest BCUT2D eigenvalue weighted by atomic mass is 9.96. The Balaban J connectivity index is 1.65. The van der Waals surface area contributed by atoms with E-state index in [4.69, 9.17) is 0 Å². The van der Waals surface area contributed by atoms with Gasteiger partial charge < -0.3 is 5.32 Å². The topological polar surface area (TPSA) is 68.5 Å². The third-order valence-corrected chi connectivity index (χ3v) is 3.23. The van der Waals surface area contributed by atoms with Crippen molar-refractivity contribution < 1.29 is 0 Å². The quantitative estimate of drug-likeness (QED) is 0.871. The van der Waals surface area contributed by atoms with Crippen LogP contribution in [0.2, 0.25) is 0 Å². The van der Waals surface area contributed by atoms with E-state index in [9.17, 15) is 0 Å². The van der Waals surface area contributed by atoms with E-state index >= 15 is 0 Å². The molecule has 94 valence electrons. The SMILES string of the molecule is c1cn(CCNc2ncnc3c2CCCC3)nn1. The molecule has 1 aliphatic rings. The van der Waals surface area contributed by atoms with E-state index in [1.807, 2.05) is 6.20 Å². The molecule has 0 radical (unpaired) electrons. The van der Waals surface area contributed by atoms with Crippen LogP contribution >= 0.6 is 0 Å². The highest BCUT2D eigenvalue weighted by Crippen LogP contribution is 2.23. The first-order valence-corrected chi connectivity index (χ1v) is 6.34. The maximum Gasteiger partial charge on any atom is 0.132 e. The Morgan fingerprint density at radius 2 is 2.17 bits per heavy atom. The Morgan fingerprint density at radius 3 is 3.06 bits per heavy atom. The van der Waals surface area contributed by atoms with E-state index in [2.05, 4.69) is 25.6 Å². The van der Waals surface area contributed by atoms with Crippen molar-refractivity contribution in [1.82, 2.24) is 25.0 Å². The average molecular weight is 244 g/mol. The molecule has 0 atom stereocenters. The predicted octanol–water partition coefficient (Wildman–Crippen LogP) is 1.06. The Morgan fingerprint density at radius 1 is 1.22 bits per heavy atom. The van der Waals surface area contributed by atoms with Crippen molar-refractivity contribution in [3.05, 3.63) is 30.0 Å². The molecule has 2 aromatic heterocycles. The van der Waals surface area contributed by atoms with E-state index in [1.54, 1.807) is 17.2 Å². The maximum atomic E-state index is 4.36. The molecule has 0 bridgehead atoms. The molecule has 0 saturated heterocycles. The van der Waals surface area contributed by atoms with Crippen molar-refractivity contribution in [2.45, 2.75) is 32.2 Å². The monoisotopic (exact) mass is 244 g/mol. The van der Waals surface area contributed by atoms with Gasteiger partial charge in [-0.3, -0.25) is 4.68 Å². The standard InChI is InChI=1S/C12H16N6/c1-2-4-11-10(3-1)12(15-9-14-11)13-5-7-18-8-6-16-17-18/h6,8-9H,1-5,7H2,(H,13,14,15). The first kappa shape index (κ1) is 11.1. The average Bonchev–Trinajstić information content (AvgIpc) is 2.92. The van der Waals surface area contributed by atoms with Gasteiger partial charge in [0.15, 0.2) is 0 Å². The fourth-order valence-corrected chi connectivity index (χ4v) is 2.31. The van der Waals surface area contributed by atoms with Gasteiger partial charge in [0.2, 0.25) is 0 Å². The van der Waals surface area contributed by atoms with Crippen molar-refractivity contribution in [1.29, 1.82) is 0 Å². The lowest BCUT2D eigenvalue weighted by Crippen LogP contribution is -2.16. The highest BCUT2D eigenvalue weighted by Gasteiger charge is 2.14. The van der Waals surface area contributed by atoms with E-state index in [-0.39, 0.29) is 0 Å². The normalized spacial score (nSPS) is 14.2. The molecule has 2 aromatic rings. The molecule has 1 aliphatic carbocycles. The van der Waals surface area contributed by atoms with Crippen LogP contribution in [0.4, 0.5) is 5.82 Å². The molecule has 1 N–H and O–H groups in total. The zero-order chi connectivity index (χ0) is 12.2. The van der Waals surface area contributed by atoms with Crippen molar-refractivity contribution in [3.63, 3.8) is 0 Å². The van der Waals surface area contributed by atoms with Crippen LogP contribution in [-0.4, -0.2) is 31.5 Å². The Hall–Kier alpha value is -1.98. The first-order valence-electron chi connectivity index (χ1n) is 6.34. The van der Waals surface area contributed by atoms with Crippen LogP contribution < -0.4 is 5.32 Å². The Kier molecular flexibility index (Phi) is 3.16. The molecule has 6 nitrogen and oxygen atoms in total. The number of aryl methyl sites for hydroxylation is 1. The lowest BCUT2D eigenvalue weighted by molar-refractivity contribution is 0.606. The smallest absolute Gasteiger partial charge is 0.132 e. The number of aromatic nitrogens is 5. The van der Waals surface area contributed by atoms with Gasteiger partial charge in [-0.25, -0.2) is 9.97 Å². The summed E-state index contributed by atoms with van der Waals surface area (Å²) in [6.07, 6.45) is 9.84. The summed E-state index contributed by atoms with van der Waals surface area (Å²) in [6.45, 7) is 1.59. The van der Waals surface area contributed by atoms with Gasteiger partial charge in [-0.15, -0.1) is 5.10 Å². The summed E-state index contributed by atoms with van der Waals surface area (Å²) >= 11 is 0. The van der Waals surface area contributed by atoms with Gasteiger partial charge in [0.1, 0.15) is 12.1 Å². The van der Waals surface area contributed by atoms with E-state index in [0.717, 1.165) is 31.7 Å². The Bertz CT molecular complexity index is 507. The second-order valence-electron chi connectivity index (χ2n) is 4.45. The molecule has 0 unspecified atom stereocenters. The lowest BCUT2D eigenvalue weighted by Gasteiger charge is -2.17. The number of hydrogen-bond donors (Lipinski definition) is 1. The summed E-state index contributed by atoms with van der Waals surface area (Å²) in [5, 5.41) is 11.1. The van der Waals surface area contributed by atoms with Gasteiger partial charge in [-0.05, 0) is 25.7 Å². The summed E-state index contributed by atoms with van der Waals surface area (Å²) in [4.78, 5) is 8.70. The molecule has 18 heavy (non-hydrogen) atoms. The largest absolute Gasteiger partial charge is 0.368 e. The third-order valence-electron chi connectivity index (χ3n) is 3.23. The zero-order valence-electron chi connectivity index (χ0n) is 10.2. The maximum absolute atomic E-state index is 4.36. The van der Waals surface area contributed by atoms with Crippen LogP contribution in [0.5, 0.6) is 0 Å². The number of anilines is 1. The molecule has 0 aliphatic heterocycles. The van der Waals surface area contributed by atoms with Gasteiger partial charge in [-0.1, -0.05) is 5.21 Å². The van der Waals surface area contributed by atoms with Crippen LogP contribution in [0.15, 0.2) is 18.7 Å². The van der Waals surface area contributed by atoms with E-state index in [1.165, 1.54) is 24.1 Å². The minimum absolute atomic E-state index is 0.790. The summed E-state index contributed by atoms with van der Waals surface area (Å²) < 4.78 is 1.81. The number of rotatable bonds is 4. The number of nitrogens with zero attached hydrogens (tertiary/aromatic N) is 5. The summed E-state index contributed by atoms with van der Waals surface area (Å²) in [7, 11) is 0. The first-order chi connectivity index (χ1) is 8.93. The van der Waals surface area contributed by atoms with Gasteiger partial charge in [-0.2, -0.15) is 0 Å². The minimum Gasteiger partial charge on any atom is -0.368 e.